The first-order chi connectivity index (χ1) is 8.70. The summed E-state index contributed by atoms with van der Waals surface area (Å²) in [5.41, 5.74) is 1.69. The van der Waals surface area contributed by atoms with Gasteiger partial charge in [0.2, 0.25) is 0 Å². The molecule has 0 aliphatic rings. The van der Waals surface area contributed by atoms with Crippen LogP contribution in [0.25, 0.3) is 0 Å². The van der Waals surface area contributed by atoms with Crippen LogP contribution in [0.5, 0.6) is 0 Å². The van der Waals surface area contributed by atoms with Gasteiger partial charge >= 0.3 is 0 Å². The van der Waals surface area contributed by atoms with Crippen LogP contribution in [-0.4, -0.2) is 10.9 Å². The van der Waals surface area contributed by atoms with E-state index in [0.717, 1.165) is 17.7 Å². The average molecular weight is 247 g/mol. The Hall–Kier alpha value is -2.23. The van der Waals surface area contributed by atoms with E-state index in [1.165, 1.54) is 6.07 Å². The van der Waals surface area contributed by atoms with E-state index >= 15 is 0 Å². The number of hydrogen-bond acceptors (Lipinski definition) is 2. The fourth-order valence-electron chi connectivity index (χ4n) is 1.67. The number of hydrogen-bond donors (Lipinski definition) is 1. The lowest BCUT2D eigenvalue weighted by Gasteiger charge is -2.05. The smallest absolute Gasteiger partial charge is 0.159 e. The number of nitrogens with zero attached hydrogens (tertiary/aromatic N) is 1. The van der Waals surface area contributed by atoms with Crippen molar-refractivity contribution in [2.24, 2.45) is 5.16 Å². The summed E-state index contributed by atoms with van der Waals surface area (Å²) < 4.78 is 25.8. The van der Waals surface area contributed by atoms with Gasteiger partial charge in [-0.15, -0.1) is 0 Å². The summed E-state index contributed by atoms with van der Waals surface area (Å²) in [6, 6.07) is 12.7. The van der Waals surface area contributed by atoms with Gasteiger partial charge in [-0.3, -0.25) is 0 Å². The van der Waals surface area contributed by atoms with Crippen molar-refractivity contribution in [3.8, 4) is 0 Å². The highest BCUT2D eigenvalue weighted by Gasteiger charge is 2.08. The van der Waals surface area contributed by atoms with Crippen LogP contribution in [0.15, 0.2) is 53.7 Å². The van der Waals surface area contributed by atoms with Gasteiger partial charge in [-0.1, -0.05) is 41.6 Å². The van der Waals surface area contributed by atoms with Crippen molar-refractivity contribution in [3.63, 3.8) is 0 Å². The number of oxime groups is 1. The lowest BCUT2D eigenvalue weighted by Crippen LogP contribution is -2.05. The molecule has 18 heavy (non-hydrogen) atoms. The normalized spacial score (nSPS) is 11.6. The summed E-state index contributed by atoms with van der Waals surface area (Å²) in [6.45, 7) is 0. The molecule has 0 aliphatic heterocycles. The van der Waals surface area contributed by atoms with E-state index in [-0.39, 0.29) is 6.42 Å². The molecule has 2 aromatic carbocycles. The van der Waals surface area contributed by atoms with Crippen LogP contribution in [0.3, 0.4) is 0 Å². The van der Waals surface area contributed by atoms with Crippen LogP contribution in [0.2, 0.25) is 0 Å². The molecular weight excluding hydrogens is 236 g/mol. The predicted molar refractivity (Wildman–Crippen MR) is 64.8 cm³/mol. The van der Waals surface area contributed by atoms with Crippen LogP contribution in [0.4, 0.5) is 8.78 Å². The molecule has 0 unspecified atom stereocenters. The van der Waals surface area contributed by atoms with Crippen molar-refractivity contribution in [2.75, 3.05) is 0 Å². The Morgan fingerprint density at radius 1 is 1.00 bits per heavy atom. The molecule has 0 bridgehead atoms. The Labute approximate surface area is 103 Å². The SMILES string of the molecule is ON=C(Cc1ccc(F)c(F)c1)c1ccccc1. The second-order valence-electron chi connectivity index (χ2n) is 3.84. The number of rotatable bonds is 3. The monoisotopic (exact) mass is 247 g/mol. The van der Waals surface area contributed by atoms with Gasteiger partial charge in [0.1, 0.15) is 0 Å². The molecule has 2 rings (SSSR count). The van der Waals surface area contributed by atoms with Crippen molar-refractivity contribution < 1.29 is 14.0 Å². The zero-order chi connectivity index (χ0) is 13.0. The van der Waals surface area contributed by atoms with Crippen molar-refractivity contribution in [2.45, 2.75) is 6.42 Å². The Kier molecular flexibility index (Phi) is 3.67. The maximum absolute atomic E-state index is 13.1. The lowest BCUT2D eigenvalue weighted by atomic mass is 10.0. The van der Waals surface area contributed by atoms with Gasteiger partial charge in [-0.05, 0) is 23.3 Å². The third kappa shape index (κ3) is 2.71. The molecule has 2 aromatic rings. The van der Waals surface area contributed by atoms with E-state index in [1.807, 2.05) is 18.2 Å². The Morgan fingerprint density at radius 2 is 1.72 bits per heavy atom. The number of benzene rings is 2. The maximum Gasteiger partial charge on any atom is 0.159 e. The van der Waals surface area contributed by atoms with Gasteiger partial charge in [-0.25, -0.2) is 8.78 Å². The first-order valence-electron chi connectivity index (χ1n) is 5.41. The van der Waals surface area contributed by atoms with Crippen molar-refractivity contribution >= 4 is 5.71 Å². The van der Waals surface area contributed by atoms with E-state index in [4.69, 9.17) is 5.21 Å². The molecule has 2 nitrogen and oxygen atoms in total. The molecule has 0 aromatic heterocycles. The molecule has 0 saturated carbocycles. The third-order valence-corrected chi connectivity index (χ3v) is 2.58. The molecule has 0 amide bonds. The highest BCUT2D eigenvalue weighted by molar-refractivity contribution is 6.01. The van der Waals surface area contributed by atoms with E-state index < -0.39 is 11.6 Å². The molecule has 0 aliphatic carbocycles. The van der Waals surface area contributed by atoms with Crippen molar-refractivity contribution in [1.29, 1.82) is 0 Å². The zero-order valence-corrected chi connectivity index (χ0v) is 9.48. The van der Waals surface area contributed by atoms with Gasteiger partial charge in [0.25, 0.3) is 0 Å². The van der Waals surface area contributed by atoms with Crippen LogP contribution in [0, 0.1) is 11.6 Å². The predicted octanol–water partition coefficient (Wildman–Crippen LogP) is 3.39. The van der Waals surface area contributed by atoms with E-state index in [1.54, 1.807) is 12.1 Å². The van der Waals surface area contributed by atoms with Gasteiger partial charge in [0.15, 0.2) is 11.6 Å². The Bertz CT molecular complexity index is 567. The fourth-order valence-corrected chi connectivity index (χ4v) is 1.67. The Morgan fingerprint density at radius 3 is 2.33 bits per heavy atom. The first kappa shape index (κ1) is 12.2. The molecule has 0 saturated heterocycles. The Balaban J connectivity index is 2.24. The summed E-state index contributed by atoms with van der Waals surface area (Å²) >= 11 is 0. The second-order valence-corrected chi connectivity index (χ2v) is 3.84. The summed E-state index contributed by atoms with van der Waals surface area (Å²) in [5.74, 6) is -1.79. The van der Waals surface area contributed by atoms with E-state index in [0.29, 0.717) is 11.3 Å². The third-order valence-electron chi connectivity index (χ3n) is 2.58. The molecule has 0 heterocycles. The van der Waals surface area contributed by atoms with Gasteiger partial charge in [0.05, 0.1) is 5.71 Å². The molecule has 0 atom stereocenters. The van der Waals surface area contributed by atoms with Crippen LogP contribution in [0.1, 0.15) is 11.1 Å². The molecule has 4 heteroatoms. The largest absolute Gasteiger partial charge is 0.411 e. The minimum atomic E-state index is -0.905. The van der Waals surface area contributed by atoms with Gasteiger partial charge in [0, 0.05) is 6.42 Å². The van der Waals surface area contributed by atoms with Crippen LogP contribution in [-0.2, 0) is 6.42 Å². The van der Waals surface area contributed by atoms with Crippen LogP contribution >= 0.6 is 0 Å². The topological polar surface area (TPSA) is 32.6 Å². The van der Waals surface area contributed by atoms with E-state index in [9.17, 15) is 8.78 Å². The second kappa shape index (κ2) is 5.40. The van der Waals surface area contributed by atoms with Gasteiger partial charge in [-0.2, -0.15) is 0 Å². The first-order valence-corrected chi connectivity index (χ1v) is 5.41. The molecular formula is C14H11F2NO. The molecule has 0 spiro atoms. The fraction of sp³-hybridized carbons (Fsp3) is 0.0714. The lowest BCUT2D eigenvalue weighted by molar-refractivity contribution is 0.318. The van der Waals surface area contributed by atoms with Crippen LogP contribution < -0.4 is 0 Å². The molecule has 92 valence electrons. The summed E-state index contributed by atoms with van der Waals surface area (Å²) in [4.78, 5) is 0. The van der Waals surface area contributed by atoms with Crippen molar-refractivity contribution in [3.05, 3.63) is 71.3 Å². The van der Waals surface area contributed by atoms with Gasteiger partial charge < -0.3 is 5.21 Å². The zero-order valence-electron chi connectivity index (χ0n) is 9.48. The molecule has 0 fully saturated rings. The maximum atomic E-state index is 13.1. The summed E-state index contributed by atoms with van der Waals surface area (Å²) in [5, 5.41) is 12.2. The van der Waals surface area contributed by atoms with E-state index in [2.05, 4.69) is 5.16 Å². The summed E-state index contributed by atoms with van der Waals surface area (Å²) in [7, 11) is 0. The highest BCUT2D eigenvalue weighted by Crippen LogP contribution is 2.12. The average Bonchev–Trinajstić information content (AvgIpc) is 2.41. The minimum absolute atomic E-state index is 0.234. The molecule has 0 radical (unpaired) electrons. The minimum Gasteiger partial charge on any atom is -0.411 e. The number of halogens is 2. The summed E-state index contributed by atoms with van der Waals surface area (Å²) in [6.07, 6.45) is 0.234. The highest BCUT2D eigenvalue weighted by atomic mass is 19.2. The standard InChI is InChI=1S/C14H11F2NO/c15-12-7-6-10(8-13(12)16)9-14(17-18)11-4-2-1-3-5-11/h1-8,18H,9H2. The molecule has 1 N–H and O–H groups in total. The quantitative estimate of drug-likeness (QED) is 0.503. The van der Waals surface area contributed by atoms with Crippen molar-refractivity contribution in [1.82, 2.24) is 0 Å².